The number of hydrazone groups is 1. The maximum absolute atomic E-state index is 13.0. The van der Waals surface area contributed by atoms with Gasteiger partial charge >= 0.3 is 0 Å². The molecule has 27 heavy (non-hydrogen) atoms. The highest BCUT2D eigenvalue weighted by atomic mass is 19.1. The van der Waals surface area contributed by atoms with Gasteiger partial charge in [0, 0.05) is 5.56 Å². The lowest BCUT2D eigenvalue weighted by molar-refractivity contribution is 0.0950. The van der Waals surface area contributed by atoms with E-state index in [9.17, 15) is 9.18 Å². The Hall–Kier alpha value is -3.48. The highest BCUT2D eigenvalue weighted by Crippen LogP contribution is 2.22. The van der Waals surface area contributed by atoms with Crippen molar-refractivity contribution < 1.29 is 13.9 Å². The second-order valence-electron chi connectivity index (χ2n) is 5.77. The minimum absolute atomic E-state index is 0.280. The number of aromatic amines is 1. The Labute approximate surface area is 156 Å². The van der Waals surface area contributed by atoms with Crippen LogP contribution in [0.15, 0.2) is 59.7 Å². The fourth-order valence-electron chi connectivity index (χ4n) is 2.45. The first-order chi connectivity index (χ1) is 13.1. The zero-order chi connectivity index (χ0) is 19.2. The molecule has 3 aromatic rings. The van der Waals surface area contributed by atoms with Crippen LogP contribution < -0.4 is 10.2 Å². The summed E-state index contributed by atoms with van der Waals surface area (Å²) in [6, 6.07) is 15.0. The number of nitrogens with zero attached hydrogens (tertiary/aromatic N) is 2. The third-order valence-corrected chi connectivity index (χ3v) is 3.85. The smallest absolute Gasteiger partial charge is 0.289 e. The molecule has 2 N–H and O–H groups in total. The molecule has 1 aromatic heterocycles. The third kappa shape index (κ3) is 4.58. The summed E-state index contributed by atoms with van der Waals surface area (Å²) < 4.78 is 18.4. The number of carbonyl (C=O) groups is 1. The summed E-state index contributed by atoms with van der Waals surface area (Å²) in [6.07, 6.45) is 0. The number of rotatable bonds is 6. The van der Waals surface area contributed by atoms with E-state index in [-0.39, 0.29) is 11.5 Å². The van der Waals surface area contributed by atoms with Crippen molar-refractivity contribution in [1.29, 1.82) is 0 Å². The van der Waals surface area contributed by atoms with E-state index in [1.54, 1.807) is 25.1 Å². The van der Waals surface area contributed by atoms with E-state index in [1.807, 2.05) is 31.2 Å². The molecule has 0 aliphatic carbocycles. The molecular formula is C20H19FN4O2. The number of H-pyrrole nitrogens is 1. The van der Waals surface area contributed by atoms with E-state index in [0.29, 0.717) is 18.0 Å². The molecule has 0 saturated carbocycles. The number of halogens is 1. The number of amides is 1. The largest absolute Gasteiger partial charge is 0.494 e. The van der Waals surface area contributed by atoms with E-state index < -0.39 is 5.91 Å². The van der Waals surface area contributed by atoms with Gasteiger partial charge in [0.05, 0.1) is 18.0 Å². The number of nitrogens with one attached hydrogen (secondary N) is 2. The normalized spacial score (nSPS) is 11.3. The van der Waals surface area contributed by atoms with Crippen molar-refractivity contribution in [1.82, 2.24) is 15.6 Å². The Morgan fingerprint density at radius 2 is 2.00 bits per heavy atom. The van der Waals surface area contributed by atoms with Crippen LogP contribution in [-0.2, 0) is 0 Å². The van der Waals surface area contributed by atoms with Crippen molar-refractivity contribution in [2.75, 3.05) is 6.61 Å². The van der Waals surface area contributed by atoms with Crippen LogP contribution in [0.25, 0.3) is 11.3 Å². The SMILES string of the molecule is CCOc1cccc(-c2cc(C(=O)NN=C(C)c3ccc(F)cc3)[nH]n2)c1. The maximum Gasteiger partial charge on any atom is 0.289 e. The average molecular weight is 366 g/mol. The summed E-state index contributed by atoms with van der Waals surface area (Å²) in [7, 11) is 0. The van der Waals surface area contributed by atoms with Crippen LogP contribution in [-0.4, -0.2) is 28.4 Å². The van der Waals surface area contributed by atoms with Crippen molar-refractivity contribution >= 4 is 11.6 Å². The highest BCUT2D eigenvalue weighted by Gasteiger charge is 2.11. The van der Waals surface area contributed by atoms with E-state index in [0.717, 1.165) is 16.9 Å². The lowest BCUT2D eigenvalue weighted by atomic mass is 10.1. The summed E-state index contributed by atoms with van der Waals surface area (Å²) in [6.45, 7) is 4.21. The number of ether oxygens (including phenoxy) is 1. The van der Waals surface area contributed by atoms with Gasteiger partial charge in [0.2, 0.25) is 0 Å². The van der Waals surface area contributed by atoms with Gasteiger partial charge in [0.1, 0.15) is 17.3 Å². The third-order valence-electron chi connectivity index (χ3n) is 3.85. The van der Waals surface area contributed by atoms with Gasteiger partial charge in [-0.3, -0.25) is 9.89 Å². The molecule has 6 nitrogen and oxygen atoms in total. The van der Waals surface area contributed by atoms with Crippen LogP contribution in [0, 0.1) is 5.82 Å². The number of hydrogen-bond acceptors (Lipinski definition) is 4. The fourth-order valence-corrected chi connectivity index (χ4v) is 2.45. The van der Waals surface area contributed by atoms with Crippen molar-refractivity contribution in [2.24, 2.45) is 5.10 Å². The summed E-state index contributed by atoms with van der Waals surface area (Å²) in [5.74, 6) is -0.00585. The van der Waals surface area contributed by atoms with Crippen molar-refractivity contribution in [3.8, 4) is 17.0 Å². The lowest BCUT2D eigenvalue weighted by Crippen LogP contribution is -2.19. The first-order valence-electron chi connectivity index (χ1n) is 8.46. The van der Waals surface area contributed by atoms with Gasteiger partial charge < -0.3 is 4.74 Å². The van der Waals surface area contributed by atoms with Crippen molar-refractivity contribution in [2.45, 2.75) is 13.8 Å². The predicted molar refractivity (Wildman–Crippen MR) is 101 cm³/mol. The summed E-state index contributed by atoms with van der Waals surface area (Å²) in [5.41, 5.74) is 5.49. The summed E-state index contributed by atoms with van der Waals surface area (Å²) in [5, 5.41) is 10.9. The van der Waals surface area contributed by atoms with Gasteiger partial charge in [-0.15, -0.1) is 0 Å². The monoisotopic (exact) mass is 366 g/mol. The highest BCUT2D eigenvalue weighted by molar-refractivity contribution is 6.00. The van der Waals surface area contributed by atoms with Crippen LogP contribution in [0.1, 0.15) is 29.9 Å². The van der Waals surface area contributed by atoms with Crippen LogP contribution in [0.2, 0.25) is 0 Å². The quantitative estimate of drug-likeness (QED) is 0.515. The van der Waals surface area contributed by atoms with Crippen molar-refractivity contribution in [3.63, 3.8) is 0 Å². The number of carbonyl (C=O) groups excluding carboxylic acids is 1. The van der Waals surface area contributed by atoms with Crippen molar-refractivity contribution in [3.05, 3.63) is 71.7 Å². The molecular weight excluding hydrogens is 347 g/mol. The minimum Gasteiger partial charge on any atom is -0.494 e. The zero-order valence-electron chi connectivity index (χ0n) is 15.0. The van der Waals surface area contributed by atoms with E-state index in [4.69, 9.17) is 4.74 Å². The predicted octanol–water partition coefficient (Wildman–Crippen LogP) is 3.77. The first-order valence-corrected chi connectivity index (χ1v) is 8.46. The molecule has 2 aromatic carbocycles. The molecule has 0 aliphatic heterocycles. The van der Waals surface area contributed by atoms with Gasteiger partial charge in [0.25, 0.3) is 5.91 Å². The Morgan fingerprint density at radius 1 is 1.22 bits per heavy atom. The topological polar surface area (TPSA) is 79.4 Å². The van der Waals surface area contributed by atoms with Crippen LogP contribution in [0.5, 0.6) is 5.75 Å². The molecule has 7 heteroatoms. The maximum atomic E-state index is 13.0. The Kier molecular flexibility index (Phi) is 5.61. The van der Waals surface area contributed by atoms with E-state index >= 15 is 0 Å². The van der Waals surface area contributed by atoms with Crippen LogP contribution in [0.3, 0.4) is 0 Å². The van der Waals surface area contributed by atoms with E-state index in [2.05, 4.69) is 20.7 Å². The molecule has 1 amide bonds. The van der Waals surface area contributed by atoms with E-state index in [1.165, 1.54) is 12.1 Å². The summed E-state index contributed by atoms with van der Waals surface area (Å²) in [4.78, 5) is 12.3. The lowest BCUT2D eigenvalue weighted by Gasteiger charge is -2.03. The van der Waals surface area contributed by atoms with Gasteiger partial charge in [0.15, 0.2) is 0 Å². The minimum atomic E-state index is -0.420. The Morgan fingerprint density at radius 3 is 2.74 bits per heavy atom. The Balaban J connectivity index is 1.70. The number of hydrogen-bond donors (Lipinski definition) is 2. The molecule has 0 unspecified atom stereocenters. The first kappa shape index (κ1) is 18.3. The average Bonchev–Trinajstić information content (AvgIpc) is 3.17. The van der Waals surface area contributed by atoms with Crippen LogP contribution in [0.4, 0.5) is 4.39 Å². The molecule has 1 heterocycles. The molecule has 0 spiro atoms. The van der Waals surface area contributed by atoms with Gasteiger partial charge in [-0.2, -0.15) is 10.2 Å². The standard InChI is InChI=1S/C20H19FN4O2/c1-3-27-17-6-4-5-15(11-17)18-12-19(24-23-18)20(26)25-22-13(2)14-7-9-16(21)10-8-14/h4-12H,3H2,1-2H3,(H,23,24)(H,25,26). The number of aromatic nitrogens is 2. The van der Waals surface area contributed by atoms with Gasteiger partial charge in [-0.25, -0.2) is 9.82 Å². The molecule has 3 rings (SSSR count). The number of benzene rings is 2. The Bertz CT molecular complexity index is 964. The zero-order valence-corrected chi connectivity index (χ0v) is 15.0. The molecule has 0 aliphatic rings. The molecule has 0 atom stereocenters. The second-order valence-corrected chi connectivity index (χ2v) is 5.77. The molecule has 0 saturated heterocycles. The fraction of sp³-hybridized carbons (Fsp3) is 0.150. The van der Waals surface area contributed by atoms with Crippen LogP contribution >= 0.6 is 0 Å². The van der Waals surface area contributed by atoms with Gasteiger partial charge in [-0.1, -0.05) is 24.3 Å². The second kappa shape index (κ2) is 8.27. The summed E-state index contributed by atoms with van der Waals surface area (Å²) >= 11 is 0. The molecule has 0 fully saturated rings. The molecule has 138 valence electrons. The molecule has 0 bridgehead atoms. The van der Waals surface area contributed by atoms with Gasteiger partial charge in [-0.05, 0) is 49.7 Å². The molecule has 0 radical (unpaired) electrons.